The van der Waals surface area contributed by atoms with Crippen LogP contribution in [0.4, 0.5) is 18.0 Å². The molecule has 3 amide bonds. The lowest BCUT2D eigenvalue weighted by Crippen LogP contribution is -2.42. The third-order valence-corrected chi connectivity index (χ3v) is 2.80. The highest BCUT2D eigenvalue weighted by molar-refractivity contribution is 5.83. The zero-order chi connectivity index (χ0) is 17.3. The number of hydrogen-bond donors (Lipinski definition) is 3. The molecule has 3 N–H and O–H groups in total. The lowest BCUT2D eigenvalue weighted by Gasteiger charge is -2.13. The molecule has 0 aliphatic heterocycles. The summed E-state index contributed by atoms with van der Waals surface area (Å²) in [6, 6.07) is 4.51. The van der Waals surface area contributed by atoms with Crippen LogP contribution >= 0.6 is 0 Å². The number of benzene rings is 1. The molecule has 0 heterocycles. The summed E-state index contributed by atoms with van der Waals surface area (Å²) in [4.78, 5) is 22.6. The molecule has 0 saturated heterocycles. The average Bonchev–Trinajstić information content (AvgIpc) is 2.50. The number of halogens is 3. The smallest absolute Gasteiger partial charge is 0.344 e. The maximum Gasteiger partial charge on any atom is 0.416 e. The van der Waals surface area contributed by atoms with Crippen molar-refractivity contribution in [2.24, 2.45) is 0 Å². The summed E-state index contributed by atoms with van der Waals surface area (Å²) in [6.07, 6.45) is 0.536. The number of hydrogen-bond acceptors (Lipinski definition) is 2. The van der Waals surface area contributed by atoms with E-state index in [4.69, 9.17) is 6.42 Å². The number of nitrogens with one attached hydrogen (secondary N) is 3. The Hall–Kier alpha value is -2.69. The highest BCUT2D eigenvalue weighted by Gasteiger charge is 2.32. The largest absolute Gasteiger partial charge is 0.416 e. The standard InChI is InChI=1S/C15H16F3N3O2/c1-2-8-19-13(22)10-21-14(23)20-9-7-11-5-3-4-6-12(11)15(16,17)18/h1,3-6H,7-10H2,(H,19,22)(H2,20,21,23). The minimum atomic E-state index is -4.44. The van der Waals surface area contributed by atoms with Gasteiger partial charge in [-0.25, -0.2) is 4.79 Å². The Kier molecular flexibility index (Phi) is 6.93. The molecule has 124 valence electrons. The number of carbonyl (C=O) groups is 2. The van der Waals surface area contributed by atoms with Gasteiger partial charge in [-0.15, -0.1) is 6.42 Å². The maximum absolute atomic E-state index is 12.8. The van der Waals surface area contributed by atoms with Crippen molar-refractivity contribution in [3.8, 4) is 12.3 Å². The molecule has 1 aromatic rings. The number of carbonyl (C=O) groups excluding carboxylic acids is 2. The second-order valence-electron chi connectivity index (χ2n) is 4.50. The van der Waals surface area contributed by atoms with Crippen LogP contribution in [0, 0.1) is 12.3 Å². The molecule has 1 aromatic carbocycles. The minimum Gasteiger partial charge on any atom is -0.344 e. The van der Waals surface area contributed by atoms with Gasteiger partial charge >= 0.3 is 12.2 Å². The highest BCUT2D eigenvalue weighted by Crippen LogP contribution is 2.31. The first-order chi connectivity index (χ1) is 10.8. The first-order valence-corrected chi connectivity index (χ1v) is 6.71. The van der Waals surface area contributed by atoms with Crippen LogP contribution in [0.5, 0.6) is 0 Å². The zero-order valence-corrected chi connectivity index (χ0v) is 12.2. The van der Waals surface area contributed by atoms with Crippen LogP contribution in [0.3, 0.4) is 0 Å². The van der Waals surface area contributed by atoms with Crippen LogP contribution in [-0.2, 0) is 17.4 Å². The van der Waals surface area contributed by atoms with E-state index < -0.39 is 23.7 Å². The highest BCUT2D eigenvalue weighted by atomic mass is 19.4. The van der Waals surface area contributed by atoms with E-state index in [1.54, 1.807) is 0 Å². The van der Waals surface area contributed by atoms with Crippen molar-refractivity contribution in [2.75, 3.05) is 19.6 Å². The monoisotopic (exact) mass is 327 g/mol. The molecule has 8 heteroatoms. The molecule has 0 aromatic heterocycles. The fraction of sp³-hybridized carbons (Fsp3) is 0.333. The summed E-state index contributed by atoms with van der Waals surface area (Å²) < 4.78 is 38.4. The SMILES string of the molecule is C#CCNC(=O)CNC(=O)NCCc1ccccc1C(F)(F)F. The van der Waals surface area contributed by atoms with E-state index >= 15 is 0 Å². The van der Waals surface area contributed by atoms with Gasteiger partial charge in [-0.2, -0.15) is 13.2 Å². The van der Waals surface area contributed by atoms with Gasteiger partial charge in [0.15, 0.2) is 0 Å². The molecule has 0 aliphatic carbocycles. The van der Waals surface area contributed by atoms with E-state index in [9.17, 15) is 22.8 Å². The van der Waals surface area contributed by atoms with Gasteiger partial charge in [-0.1, -0.05) is 24.1 Å². The van der Waals surface area contributed by atoms with E-state index in [2.05, 4.69) is 21.9 Å². The Morgan fingerprint density at radius 3 is 2.48 bits per heavy atom. The summed E-state index contributed by atoms with van der Waals surface area (Å²) in [5.74, 6) is 1.75. The summed E-state index contributed by atoms with van der Waals surface area (Å²) in [6.45, 7) is -0.214. The Balaban J connectivity index is 2.39. The molecule has 5 nitrogen and oxygen atoms in total. The van der Waals surface area contributed by atoms with Crippen molar-refractivity contribution in [3.05, 3.63) is 35.4 Å². The molecule has 23 heavy (non-hydrogen) atoms. The van der Waals surface area contributed by atoms with Crippen LogP contribution in [0.1, 0.15) is 11.1 Å². The zero-order valence-electron chi connectivity index (χ0n) is 12.2. The first-order valence-electron chi connectivity index (χ1n) is 6.71. The molecule has 1 rings (SSSR count). The van der Waals surface area contributed by atoms with E-state index in [1.165, 1.54) is 18.2 Å². The third kappa shape index (κ3) is 6.74. The van der Waals surface area contributed by atoms with Crippen LogP contribution in [-0.4, -0.2) is 31.6 Å². The van der Waals surface area contributed by atoms with Crippen molar-refractivity contribution in [3.63, 3.8) is 0 Å². The quantitative estimate of drug-likeness (QED) is 0.689. The number of rotatable bonds is 6. The van der Waals surface area contributed by atoms with Gasteiger partial charge in [0.05, 0.1) is 18.7 Å². The summed E-state index contributed by atoms with van der Waals surface area (Å²) >= 11 is 0. The molecule has 0 aliphatic rings. The van der Waals surface area contributed by atoms with Crippen molar-refractivity contribution >= 4 is 11.9 Å². The van der Waals surface area contributed by atoms with Crippen molar-refractivity contribution < 1.29 is 22.8 Å². The molecular formula is C15H16F3N3O2. The molecule has 0 bridgehead atoms. The van der Waals surface area contributed by atoms with E-state index in [0.29, 0.717) is 0 Å². The summed E-state index contributed by atoms with van der Waals surface area (Å²) in [5, 5.41) is 7.00. The molecule has 0 fully saturated rings. The Morgan fingerprint density at radius 2 is 1.83 bits per heavy atom. The Morgan fingerprint density at radius 1 is 1.13 bits per heavy atom. The molecule has 0 atom stereocenters. The van der Waals surface area contributed by atoms with Crippen LogP contribution in [0.2, 0.25) is 0 Å². The average molecular weight is 327 g/mol. The molecule has 0 spiro atoms. The topological polar surface area (TPSA) is 70.2 Å². The van der Waals surface area contributed by atoms with Gasteiger partial charge in [0.2, 0.25) is 5.91 Å². The Bertz CT molecular complexity index is 594. The van der Waals surface area contributed by atoms with Crippen LogP contribution in [0.15, 0.2) is 24.3 Å². The summed E-state index contributed by atoms with van der Waals surface area (Å²) in [5.41, 5.74) is -0.636. The van der Waals surface area contributed by atoms with E-state index in [-0.39, 0.29) is 31.6 Å². The number of urea groups is 1. The van der Waals surface area contributed by atoms with E-state index in [1.807, 2.05) is 0 Å². The van der Waals surface area contributed by atoms with Crippen molar-refractivity contribution in [1.29, 1.82) is 0 Å². The predicted molar refractivity (Wildman–Crippen MR) is 78.4 cm³/mol. The molecular weight excluding hydrogens is 311 g/mol. The minimum absolute atomic E-state index is 0.00486. The van der Waals surface area contributed by atoms with Gasteiger partial charge < -0.3 is 16.0 Å². The summed E-state index contributed by atoms with van der Waals surface area (Å²) in [7, 11) is 0. The maximum atomic E-state index is 12.8. The van der Waals surface area contributed by atoms with Crippen LogP contribution in [0.25, 0.3) is 0 Å². The number of terminal acetylenes is 1. The fourth-order valence-corrected chi connectivity index (χ4v) is 1.76. The third-order valence-electron chi connectivity index (χ3n) is 2.80. The van der Waals surface area contributed by atoms with Crippen molar-refractivity contribution in [1.82, 2.24) is 16.0 Å². The van der Waals surface area contributed by atoms with Crippen LogP contribution < -0.4 is 16.0 Å². The van der Waals surface area contributed by atoms with Gasteiger partial charge in [-0.05, 0) is 18.1 Å². The predicted octanol–water partition coefficient (Wildman–Crippen LogP) is 1.30. The van der Waals surface area contributed by atoms with Gasteiger partial charge in [0, 0.05) is 6.54 Å². The lowest BCUT2D eigenvalue weighted by atomic mass is 10.0. The molecule has 0 saturated carbocycles. The lowest BCUT2D eigenvalue weighted by molar-refractivity contribution is -0.138. The van der Waals surface area contributed by atoms with Crippen molar-refractivity contribution in [2.45, 2.75) is 12.6 Å². The fourth-order valence-electron chi connectivity index (χ4n) is 1.76. The van der Waals surface area contributed by atoms with Gasteiger partial charge in [0.1, 0.15) is 0 Å². The number of alkyl halides is 3. The normalized spacial score (nSPS) is 10.5. The van der Waals surface area contributed by atoms with Gasteiger partial charge in [0.25, 0.3) is 0 Å². The number of amides is 3. The van der Waals surface area contributed by atoms with E-state index in [0.717, 1.165) is 6.07 Å². The Labute approximate surface area is 131 Å². The molecule has 0 unspecified atom stereocenters. The second-order valence-corrected chi connectivity index (χ2v) is 4.50. The van der Waals surface area contributed by atoms with Gasteiger partial charge in [-0.3, -0.25) is 4.79 Å². The molecule has 0 radical (unpaired) electrons. The first kappa shape index (κ1) is 18.4. The second kappa shape index (κ2) is 8.68.